The van der Waals surface area contributed by atoms with Gasteiger partial charge in [-0.2, -0.15) is 0 Å². The van der Waals surface area contributed by atoms with E-state index in [2.05, 4.69) is 0 Å². The van der Waals surface area contributed by atoms with Crippen molar-refractivity contribution in [2.45, 2.75) is 0 Å². The number of primary amides is 1. The highest BCUT2D eigenvalue weighted by molar-refractivity contribution is 6.08. The second-order valence-corrected chi connectivity index (χ2v) is 4.71. The number of hydrogen-bond donors (Lipinski definition) is 1. The van der Waals surface area contributed by atoms with E-state index in [9.17, 15) is 9.59 Å². The maximum absolute atomic E-state index is 12.2. The van der Waals surface area contributed by atoms with Crippen molar-refractivity contribution in [2.24, 2.45) is 5.73 Å². The first-order valence-electron chi connectivity index (χ1n) is 6.62. The van der Waals surface area contributed by atoms with Crippen molar-refractivity contribution in [1.29, 1.82) is 0 Å². The standard InChI is InChI=1S/C17H13NO4/c1-21-12-9-5-8-11-13(10-6-3-2-4-7-10)14(16(18)19)17(20)22-15(11)12/h2-9H,1H3,(H2,18,19). The molecular weight excluding hydrogens is 282 g/mol. The van der Waals surface area contributed by atoms with E-state index in [0.29, 0.717) is 27.8 Å². The molecule has 0 fully saturated rings. The topological polar surface area (TPSA) is 82.5 Å². The van der Waals surface area contributed by atoms with Crippen LogP contribution in [0.5, 0.6) is 5.75 Å². The van der Waals surface area contributed by atoms with E-state index < -0.39 is 11.5 Å². The molecule has 1 aromatic heterocycles. The third-order valence-corrected chi connectivity index (χ3v) is 3.43. The molecule has 0 aliphatic heterocycles. The molecule has 0 bridgehead atoms. The van der Waals surface area contributed by atoms with Gasteiger partial charge in [-0.25, -0.2) is 4.79 Å². The van der Waals surface area contributed by atoms with Gasteiger partial charge in [-0.3, -0.25) is 4.79 Å². The summed E-state index contributed by atoms with van der Waals surface area (Å²) in [5, 5.41) is 0.596. The maximum atomic E-state index is 12.2. The Labute approximate surface area is 125 Å². The van der Waals surface area contributed by atoms with Crippen molar-refractivity contribution >= 4 is 16.9 Å². The van der Waals surface area contributed by atoms with Gasteiger partial charge in [0.15, 0.2) is 11.3 Å². The molecule has 0 aliphatic carbocycles. The second-order valence-electron chi connectivity index (χ2n) is 4.71. The zero-order chi connectivity index (χ0) is 15.7. The highest BCUT2D eigenvalue weighted by Gasteiger charge is 2.21. The van der Waals surface area contributed by atoms with E-state index in [0.717, 1.165) is 0 Å². The fraction of sp³-hybridized carbons (Fsp3) is 0.0588. The molecule has 22 heavy (non-hydrogen) atoms. The van der Waals surface area contributed by atoms with Gasteiger partial charge in [0, 0.05) is 10.9 Å². The molecule has 3 aromatic rings. The van der Waals surface area contributed by atoms with Gasteiger partial charge in [-0.1, -0.05) is 42.5 Å². The number of hydrogen-bond acceptors (Lipinski definition) is 4. The first-order chi connectivity index (χ1) is 10.6. The van der Waals surface area contributed by atoms with Crippen LogP contribution in [0.1, 0.15) is 10.4 Å². The Bertz CT molecular complexity index is 913. The Balaban J connectivity index is 2.53. The first-order valence-corrected chi connectivity index (χ1v) is 6.62. The van der Waals surface area contributed by atoms with Crippen LogP contribution in [0.3, 0.4) is 0 Å². The van der Waals surface area contributed by atoms with Crippen LogP contribution in [0.2, 0.25) is 0 Å². The van der Waals surface area contributed by atoms with E-state index in [1.807, 2.05) is 18.2 Å². The molecule has 0 atom stereocenters. The van der Waals surface area contributed by atoms with Crippen molar-refractivity contribution < 1.29 is 13.9 Å². The summed E-state index contributed by atoms with van der Waals surface area (Å²) in [6, 6.07) is 14.3. The number of amides is 1. The normalized spacial score (nSPS) is 10.6. The molecule has 2 aromatic carbocycles. The van der Waals surface area contributed by atoms with Crippen molar-refractivity contribution in [3.05, 3.63) is 64.5 Å². The van der Waals surface area contributed by atoms with Gasteiger partial charge in [0.05, 0.1) is 7.11 Å². The number of benzene rings is 2. The predicted octanol–water partition coefficient (Wildman–Crippen LogP) is 2.57. The smallest absolute Gasteiger partial charge is 0.349 e. The quantitative estimate of drug-likeness (QED) is 0.753. The van der Waals surface area contributed by atoms with Crippen molar-refractivity contribution in [3.63, 3.8) is 0 Å². The molecule has 0 radical (unpaired) electrons. The van der Waals surface area contributed by atoms with Crippen LogP contribution < -0.4 is 16.1 Å². The summed E-state index contributed by atoms with van der Waals surface area (Å²) in [6.45, 7) is 0. The van der Waals surface area contributed by atoms with Gasteiger partial charge in [0.2, 0.25) is 0 Å². The molecule has 0 spiro atoms. The van der Waals surface area contributed by atoms with E-state index in [-0.39, 0.29) is 5.56 Å². The summed E-state index contributed by atoms with van der Waals surface area (Å²) in [7, 11) is 1.49. The van der Waals surface area contributed by atoms with Crippen LogP contribution in [0, 0.1) is 0 Å². The molecule has 1 amide bonds. The lowest BCUT2D eigenvalue weighted by molar-refractivity contribution is 0.0997. The third-order valence-electron chi connectivity index (χ3n) is 3.43. The summed E-state index contributed by atoms with van der Waals surface area (Å²) in [6.07, 6.45) is 0. The molecule has 3 rings (SSSR count). The van der Waals surface area contributed by atoms with Crippen LogP contribution in [0.25, 0.3) is 22.1 Å². The Morgan fingerprint density at radius 2 is 1.82 bits per heavy atom. The van der Waals surface area contributed by atoms with Crippen molar-refractivity contribution in [1.82, 2.24) is 0 Å². The molecule has 0 saturated carbocycles. The predicted molar refractivity (Wildman–Crippen MR) is 83.0 cm³/mol. The summed E-state index contributed by atoms with van der Waals surface area (Å²) >= 11 is 0. The molecule has 2 N–H and O–H groups in total. The fourth-order valence-electron chi connectivity index (χ4n) is 2.49. The van der Waals surface area contributed by atoms with Gasteiger partial charge in [-0.05, 0) is 11.6 Å². The van der Waals surface area contributed by atoms with Gasteiger partial charge in [0.25, 0.3) is 5.91 Å². The SMILES string of the molecule is COc1cccc2c(-c3ccccc3)c(C(N)=O)c(=O)oc12. The molecule has 1 heterocycles. The van der Waals surface area contributed by atoms with E-state index in [1.54, 1.807) is 30.3 Å². The van der Waals surface area contributed by atoms with E-state index >= 15 is 0 Å². The van der Waals surface area contributed by atoms with Crippen molar-refractivity contribution in [3.8, 4) is 16.9 Å². The maximum Gasteiger partial charge on any atom is 0.349 e. The molecule has 5 nitrogen and oxygen atoms in total. The number of ether oxygens (including phenoxy) is 1. The zero-order valence-corrected chi connectivity index (χ0v) is 11.8. The summed E-state index contributed by atoms with van der Waals surface area (Å²) < 4.78 is 10.5. The van der Waals surface area contributed by atoms with Crippen LogP contribution in [0.15, 0.2) is 57.7 Å². The average molecular weight is 295 g/mol. The van der Waals surface area contributed by atoms with Crippen LogP contribution in [0.4, 0.5) is 0 Å². The zero-order valence-electron chi connectivity index (χ0n) is 11.8. The van der Waals surface area contributed by atoms with Crippen LogP contribution in [-0.4, -0.2) is 13.0 Å². The lowest BCUT2D eigenvalue weighted by Gasteiger charge is -2.11. The summed E-state index contributed by atoms with van der Waals surface area (Å²) in [5.74, 6) is -0.403. The highest BCUT2D eigenvalue weighted by Crippen LogP contribution is 2.34. The lowest BCUT2D eigenvalue weighted by atomic mass is 9.96. The second kappa shape index (κ2) is 5.37. The van der Waals surface area contributed by atoms with E-state index in [4.69, 9.17) is 14.9 Å². The number of fused-ring (bicyclic) bond motifs is 1. The number of rotatable bonds is 3. The molecule has 0 aliphatic rings. The van der Waals surface area contributed by atoms with Crippen LogP contribution in [-0.2, 0) is 0 Å². The van der Waals surface area contributed by atoms with Crippen LogP contribution >= 0.6 is 0 Å². The fourth-order valence-corrected chi connectivity index (χ4v) is 2.49. The Morgan fingerprint density at radius 3 is 2.45 bits per heavy atom. The first kappa shape index (κ1) is 13.9. The molecule has 5 heteroatoms. The Morgan fingerprint density at radius 1 is 1.09 bits per heavy atom. The van der Waals surface area contributed by atoms with Gasteiger partial charge in [0.1, 0.15) is 5.56 Å². The minimum absolute atomic E-state index is 0.160. The average Bonchev–Trinajstić information content (AvgIpc) is 2.53. The van der Waals surface area contributed by atoms with Gasteiger partial charge in [-0.15, -0.1) is 0 Å². The van der Waals surface area contributed by atoms with Gasteiger partial charge >= 0.3 is 5.63 Å². The minimum Gasteiger partial charge on any atom is -0.493 e. The number of para-hydroxylation sites is 1. The van der Waals surface area contributed by atoms with Gasteiger partial charge < -0.3 is 14.9 Å². The Hall–Kier alpha value is -3.08. The summed E-state index contributed by atoms with van der Waals surface area (Å²) in [5.41, 5.74) is 5.91. The minimum atomic E-state index is -0.822. The van der Waals surface area contributed by atoms with E-state index in [1.165, 1.54) is 7.11 Å². The molecular formula is C17H13NO4. The largest absolute Gasteiger partial charge is 0.493 e. The Kier molecular flexibility index (Phi) is 3.39. The number of methoxy groups -OCH3 is 1. The monoisotopic (exact) mass is 295 g/mol. The number of carbonyl (C=O) groups is 1. The molecule has 110 valence electrons. The third kappa shape index (κ3) is 2.13. The number of carbonyl (C=O) groups excluding carboxylic acids is 1. The van der Waals surface area contributed by atoms with Crippen molar-refractivity contribution in [2.75, 3.05) is 7.11 Å². The number of nitrogens with two attached hydrogens (primary N) is 1. The molecule has 0 unspecified atom stereocenters. The highest BCUT2D eigenvalue weighted by atomic mass is 16.5. The lowest BCUT2D eigenvalue weighted by Crippen LogP contribution is -2.22. The summed E-state index contributed by atoms with van der Waals surface area (Å²) in [4.78, 5) is 24.0. The molecule has 0 saturated heterocycles.